The van der Waals surface area contributed by atoms with E-state index in [2.05, 4.69) is 10.1 Å². The molecule has 2 aromatic carbocycles. The van der Waals surface area contributed by atoms with Crippen LogP contribution in [0, 0.1) is 6.92 Å². The molecule has 8 nitrogen and oxygen atoms in total. The van der Waals surface area contributed by atoms with Gasteiger partial charge in [-0.1, -0.05) is 24.6 Å². The lowest BCUT2D eigenvalue weighted by Gasteiger charge is -2.26. The van der Waals surface area contributed by atoms with Gasteiger partial charge in [0, 0.05) is 13.1 Å². The van der Waals surface area contributed by atoms with Gasteiger partial charge in [-0.2, -0.15) is 13.1 Å². The second kappa shape index (κ2) is 10.7. The summed E-state index contributed by atoms with van der Waals surface area (Å²) in [7, 11) is -3.76. The topological polar surface area (TPSA) is 102 Å². The Morgan fingerprint density at radius 1 is 1.09 bits per heavy atom. The number of benzene rings is 2. The fraction of sp³-hybridized carbons (Fsp3) is 0.364. The number of anilines is 1. The van der Waals surface area contributed by atoms with E-state index in [0.29, 0.717) is 18.7 Å². The molecule has 33 heavy (non-hydrogen) atoms. The number of aryl methyl sites for hydroxylation is 1. The molecule has 2 aromatic rings. The van der Waals surface area contributed by atoms with E-state index in [9.17, 15) is 26.8 Å². The number of piperidine rings is 1. The summed E-state index contributed by atoms with van der Waals surface area (Å²) < 4.78 is 61.7. The molecule has 0 unspecified atom stereocenters. The Morgan fingerprint density at radius 3 is 2.48 bits per heavy atom. The lowest BCUT2D eigenvalue weighted by Crippen LogP contribution is -2.36. The molecule has 0 bridgehead atoms. The van der Waals surface area contributed by atoms with Crippen molar-refractivity contribution in [1.82, 2.24) is 4.31 Å². The molecule has 178 valence electrons. The largest absolute Gasteiger partial charge is 0.452 e. The van der Waals surface area contributed by atoms with E-state index in [1.54, 1.807) is 6.92 Å². The van der Waals surface area contributed by atoms with Crippen molar-refractivity contribution in [2.75, 3.05) is 25.0 Å². The molecule has 1 aliphatic heterocycles. The molecule has 1 saturated heterocycles. The number of ether oxygens (including phenoxy) is 2. The van der Waals surface area contributed by atoms with Crippen LogP contribution in [0.3, 0.4) is 0 Å². The Bertz CT molecular complexity index is 1120. The van der Waals surface area contributed by atoms with Gasteiger partial charge in [-0.15, -0.1) is 0 Å². The van der Waals surface area contributed by atoms with E-state index in [4.69, 9.17) is 4.74 Å². The number of halogens is 2. The van der Waals surface area contributed by atoms with Crippen LogP contribution in [0.5, 0.6) is 5.75 Å². The Labute approximate surface area is 190 Å². The van der Waals surface area contributed by atoms with Gasteiger partial charge in [0.1, 0.15) is 5.75 Å². The summed E-state index contributed by atoms with van der Waals surface area (Å²) in [5, 5.41) is 2.33. The van der Waals surface area contributed by atoms with Gasteiger partial charge in [0.05, 0.1) is 16.1 Å². The third kappa shape index (κ3) is 6.26. The number of rotatable bonds is 8. The van der Waals surface area contributed by atoms with E-state index in [1.807, 2.05) is 0 Å². The van der Waals surface area contributed by atoms with E-state index in [-0.39, 0.29) is 21.9 Å². The molecule has 1 heterocycles. The molecule has 1 aliphatic rings. The molecule has 0 aromatic heterocycles. The Balaban J connectivity index is 1.66. The van der Waals surface area contributed by atoms with Gasteiger partial charge in [-0.25, -0.2) is 13.2 Å². The maximum atomic E-state index is 13.0. The van der Waals surface area contributed by atoms with Crippen molar-refractivity contribution in [1.29, 1.82) is 0 Å². The molecule has 0 atom stereocenters. The molecule has 1 amide bonds. The van der Waals surface area contributed by atoms with Gasteiger partial charge in [0.25, 0.3) is 5.91 Å². The van der Waals surface area contributed by atoms with Gasteiger partial charge in [-0.05, 0) is 49.6 Å². The predicted octanol–water partition coefficient (Wildman–Crippen LogP) is 3.57. The number of amides is 1. The van der Waals surface area contributed by atoms with Crippen molar-refractivity contribution in [2.24, 2.45) is 0 Å². The van der Waals surface area contributed by atoms with Gasteiger partial charge in [0.15, 0.2) is 6.61 Å². The first kappa shape index (κ1) is 24.6. The Kier molecular flexibility index (Phi) is 7.98. The number of esters is 1. The molecule has 0 spiro atoms. The number of hydrogen-bond donors (Lipinski definition) is 1. The van der Waals surface area contributed by atoms with Crippen molar-refractivity contribution in [3.05, 3.63) is 53.6 Å². The molecule has 0 aliphatic carbocycles. The lowest BCUT2D eigenvalue weighted by molar-refractivity contribution is -0.119. The van der Waals surface area contributed by atoms with Gasteiger partial charge in [0.2, 0.25) is 10.0 Å². The lowest BCUT2D eigenvalue weighted by atomic mass is 10.1. The molecule has 3 rings (SSSR count). The highest BCUT2D eigenvalue weighted by molar-refractivity contribution is 7.89. The van der Waals surface area contributed by atoms with Crippen LogP contribution in [0.2, 0.25) is 0 Å². The van der Waals surface area contributed by atoms with Crippen molar-refractivity contribution in [2.45, 2.75) is 37.7 Å². The maximum Gasteiger partial charge on any atom is 0.387 e. The van der Waals surface area contributed by atoms with Crippen LogP contribution in [0.1, 0.15) is 35.2 Å². The second-order valence-electron chi connectivity index (χ2n) is 7.44. The summed E-state index contributed by atoms with van der Waals surface area (Å²) in [6.45, 7) is -1.29. The summed E-state index contributed by atoms with van der Waals surface area (Å²) in [4.78, 5) is 24.6. The number of carbonyl (C=O) groups is 2. The average Bonchev–Trinajstić information content (AvgIpc) is 2.79. The fourth-order valence-electron chi connectivity index (χ4n) is 3.42. The number of carbonyl (C=O) groups excluding carboxylic acids is 2. The zero-order valence-electron chi connectivity index (χ0n) is 17.9. The highest BCUT2D eigenvalue weighted by Crippen LogP contribution is 2.26. The van der Waals surface area contributed by atoms with Crippen LogP contribution >= 0.6 is 0 Å². The van der Waals surface area contributed by atoms with E-state index in [0.717, 1.165) is 19.3 Å². The van der Waals surface area contributed by atoms with Crippen molar-refractivity contribution in [3.8, 4) is 5.75 Å². The van der Waals surface area contributed by atoms with Crippen LogP contribution in [0.25, 0.3) is 0 Å². The molecule has 0 radical (unpaired) electrons. The Morgan fingerprint density at radius 2 is 1.79 bits per heavy atom. The number of sulfonamides is 1. The summed E-state index contributed by atoms with van der Waals surface area (Å²) in [6.07, 6.45) is 2.53. The summed E-state index contributed by atoms with van der Waals surface area (Å²) in [6, 6.07) is 9.74. The standard InChI is InChI=1S/C22H24F2N2O6S/c1-15-9-10-16(13-19(15)33(29,30)26-11-5-2-6-12-26)21(28)31-14-20(27)25-17-7-3-4-8-18(17)32-22(23)24/h3-4,7-10,13,22H,2,5-6,11-12,14H2,1H3,(H,25,27). The smallest absolute Gasteiger partial charge is 0.387 e. The highest BCUT2D eigenvalue weighted by Gasteiger charge is 2.28. The maximum absolute atomic E-state index is 13.0. The first-order chi connectivity index (χ1) is 15.7. The third-order valence-corrected chi connectivity index (χ3v) is 7.11. The van der Waals surface area contributed by atoms with Gasteiger partial charge < -0.3 is 14.8 Å². The van der Waals surface area contributed by atoms with Crippen LogP contribution in [-0.2, 0) is 19.6 Å². The number of alkyl halides is 2. The number of para-hydroxylation sites is 2. The minimum Gasteiger partial charge on any atom is -0.452 e. The van der Waals surface area contributed by atoms with E-state index in [1.165, 1.54) is 46.8 Å². The molecule has 1 N–H and O–H groups in total. The average molecular weight is 483 g/mol. The van der Waals surface area contributed by atoms with Crippen LogP contribution < -0.4 is 10.1 Å². The van der Waals surface area contributed by atoms with E-state index >= 15 is 0 Å². The summed E-state index contributed by atoms with van der Waals surface area (Å²) in [5.74, 6) is -1.91. The SMILES string of the molecule is Cc1ccc(C(=O)OCC(=O)Nc2ccccc2OC(F)F)cc1S(=O)(=O)N1CCCCC1. The van der Waals surface area contributed by atoms with Gasteiger partial charge >= 0.3 is 12.6 Å². The van der Waals surface area contributed by atoms with Crippen LogP contribution in [-0.4, -0.2) is 50.9 Å². The number of nitrogens with one attached hydrogen (secondary N) is 1. The van der Waals surface area contributed by atoms with Crippen LogP contribution in [0.15, 0.2) is 47.4 Å². The fourth-order valence-corrected chi connectivity index (χ4v) is 5.19. The predicted molar refractivity (Wildman–Crippen MR) is 116 cm³/mol. The normalized spacial score (nSPS) is 14.7. The van der Waals surface area contributed by atoms with Gasteiger partial charge in [-0.3, -0.25) is 4.79 Å². The molecule has 1 fully saturated rings. The quantitative estimate of drug-likeness (QED) is 0.578. The number of nitrogens with zero attached hydrogens (tertiary/aromatic N) is 1. The summed E-state index contributed by atoms with van der Waals surface area (Å²) >= 11 is 0. The minimum atomic E-state index is -3.76. The Hall–Kier alpha value is -3.05. The van der Waals surface area contributed by atoms with Crippen molar-refractivity contribution >= 4 is 27.6 Å². The third-order valence-electron chi connectivity index (χ3n) is 5.07. The van der Waals surface area contributed by atoms with Crippen molar-refractivity contribution < 1.29 is 36.3 Å². The molecule has 0 saturated carbocycles. The molecular weight excluding hydrogens is 458 g/mol. The summed E-state index contributed by atoms with van der Waals surface area (Å²) in [5.41, 5.74) is 0.458. The zero-order chi connectivity index (χ0) is 24.0. The number of hydrogen-bond acceptors (Lipinski definition) is 6. The van der Waals surface area contributed by atoms with Crippen LogP contribution in [0.4, 0.5) is 14.5 Å². The highest BCUT2D eigenvalue weighted by atomic mass is 32.2. The first-order valence-corrected chi connectivity index (χ1v) is 11.7. The second-order valence-corrected chi connectivity index (χ2v) is 9.35. The minimum absolute atomic E-state index is 0.0101. The van der Waals surface area contributed by atoms with E-state index < -0.39 is 35.1 Å². The first-order valence-electron chi connectivity index (χ1n) is 10.3. The zero-order valence-corrected chi connectivity index (χ0v) is 18.7. The monoisotopic (exact) mass is 482 g/mol. The molecule has 11 heteroatoms. The molecular formula is C22H24F2N2O6S. The van der Waals surface area contributed by atoms with Crippen molar-refractivity contribution in [3.63, 3.8) is 0 Å².